The first-order valence-corrected chi connectivity index (χ1v) is 10.0. The molecular weight excluding hydrogens is 389 g/mol. The number of likely N-dealkylation sites (tertiary alicyclic amines) is 1. The fourth-order valence-corrected chi connectivity index (χ4v) is 3.83. The Kier molecular flexibility index (Phi) is 5.59. The number of amides is 2. The van der Waals surface area contributed by atoms with Crippen molar-refractivity contribution in [2.45, 2.75) is 24.9 Å². The molecule has 158 valence electrons. The Morgan fingerprint density at radius 2 is 1.87 bits per heavy atom. The summed E-state index contributed by atoms with van der Waals surface area (Å²) < 4.78 is 25.6. The van der Waals surface area contributed by atoms with Crippen LogP contribution in [0, 0.1) is 5.82 Å². The number of carbonyl (C=O) groups excluding carboxylic acids is 2. The minimum absolute atomic E-state index is 0.0373. The van der Waals surface area contributed by atoms with Crippen LogP contribution in [0.25, 0.3) is 0 Å². The molecule has 2 amide bonds. The highest BCUT2D eigenvalue weighted by atomic mass is 19.1. The lowest BCUT2D eigenvalue weighted by Gasteiger charge is -2.37. The Morgan fingerprint density at radius 3 is 2.50 bits per heavy atom. The molecule has 1 spiro atoms. The first-order valence-electron chi connectivity index (χ1n) is 10.0. The Balaban J connectivity index is 1.44. The number of alkyl carbamates (subject to hydrolysis) is 1. The maximum absolute atomic E-state index is 14.4. The summed E-state index contributed by atoms with van der Waals surface area (Å²) >= 11 is 0. The van der Waals surface area contributed by atoms with E-state index in [0.717, 1.165) is 12.0 Å². The van der Waals surface area contributed by atoms with Gasteiger partial charge in [-0.2, -0.15) is 0 Å². The van der Waals surface area contributed by atoms with E-state index in [1.54, 1.807) is 4.90 Å². The Morgan fingerprint density at radius 1 is 1.17 bits per heavy atom. The van der Waals surface area contributed by atoms with Crippen molar-refractivity contribution < 1.29 is 23.5 Å². The monoisotopic (exact) mass is 413 g/mol. The molecule has 0 bridgehead atoms. The molecule has 2 saturated heterocycles. The number of ether oxygens (including phenoxy) is 2. The van der Waals surface area contributed by atoms with Crippen LogP contribution in [0.15, 0.2) is 42.5 Å². The van der Waals surface area contributed by atoms with Gasteiger partial charge >= 0.3 is 6.09 Å². The number of nitrogens with two attached hydrogens (primary N) is 1. The molecule has 8 heteroatoms. The fourth-order valence-electron chi connectivity index (χ4n) is 3.83. The summed E-state index contributed by atoms with van der Waals surface area (Å²) in [5, 5.41) is 2.66. The molecule has 4 rings (SSSR count). The number of hydrogen-bond acceptors (Lipinski definition) is 5. The van der Waals surface area contributed by atoms with Gasteiger partial charge in [0.2, 0.25) is 0 Å². The standard InChI is InChI=1S/C22H24FN3O4/c23-19-6-5-17(29-16-3-1-15(2-4-16)7-10-24)13-18(19)20(27)26-11-8-22(9-12-26)14-25-21(28)30-22/h1-6,13H,7-12,14,24H2,(H,25,28). The van der Waals surface area contributed by atoms with Gasteiger partial charge in [-0.3, -0.25) is 4.79 Å². The largest absolute Gasteiger partial charge is 0.457 e. The van der Waals surface area contributed by atoms with Crippen LogP contribution in [0.5, 0.6) is 11.5 Å². The van der Waals surface area contributed by atoms with E-state index in [-0.39, 0.29) is 5.56 Å². The molecule has 7 nitrogen and oxygen atoms in total. The van der Waals surface area contributed by atoms with E-state index in [2.05, 4.69) is 5.32 Å². The summed E-state index contributed by atoms with van der Waals surface area (Å²) in [6.07, 6.45) is 1.39. The highest BCUT2D eigenvalue weighted by Gasteiger charge is 2.43. The molecule has 0 saturated carbocycles. The molecule has 0 radical (unpaired) electrons. The zero-order valence-electron chi connectivity index (χ0n) is 16.5. The average Bonchev–Trinajstić information content (AvgIpc) is 3.11. The SMILES string of the molecule is NCCc1ccc(Oc2ccc(F)c(C(=O)N3CCC4(CC3)CNC(=O)O4)c2)cc1. The maximum Gasteiger partial charge on any atom is 0.407 e. The van der Waals surface area contributed by atoms with Gasteiger partial charge in [-0.05, 0) is 48.9 Å². The summed E-state index contributed by atoms with van der Waals surface area (Å²) in [6.45, 7) is 1.79. The second kappa shape index (κ2) is 8.31. The molecule has 0 aliphatic carbocycles. The van der Waals surface area contributed by atoms with Crippen molar-refractivity contribution in [1.82, 2.24) is 10.2 Å². The Bertz CT molecular complexity index is 940. The van der Waals surface area contributed by atoms with E-state index >= 15 is 0 Å². The zero-order valence-corrected chi connectivity index (χ0v) is 16.5. The van der Waals surface area contributed by atoms with Crippen LogP contribution < -0.4 is 15.8 Å². The molecule has 2 heterocycles. The van der Waals surface area contributed by atoms with Crippen molar-refractivity contribution in [2.24, 2.45) is 5.73 Å². The van der Waals surface area contributed by atoms with Gasteiger partial charge < -0.3 is 25.4 Å². The van der Waals surface area contributed by atoms with Crippen LogP contribution in [-0.4, -0.2) is 48.7 Å². The molecule has 3 N–H and O–H groups in total. The number of piperidine rings is 1. The number of nitrogens with one attached hydrogen (secondary N) is 1. The third kappa shape index (κ3) is 4.23. The third-order valence-electron chi connectivity index (χ3n) is 5.59. The van der Waals surface area contributed by atoms with Gasteiger partial charge in [0.25, 0.3) is 5.91 Å². The third-order valence-corrected chi connectivity index (χ3v) is 5.59. The molecule has 2 aliphatic heterocycles. The quantitative estimate of drug-likeness (QED) is 0.786. The maximum atomic E-state index is 14.4. The van der Waals surface area contributed by atoms with Crippen molar-refractivity contribution in [3.8, 4) is 11.5 Å². The van der Waals surface area contributed by atoms with Gasteiger partial charge in [0.1, 0.15) is 22.9 Å². The van der Waals surface area contributed by atoms with Crippen molar-refractivity contribution in [1.29, 1.82) is 0 Å². The second-order valence-electron chi connectivity index (χ2n) is 7.64. The van der Waals surface area contributed by atoms with Crippen molar-refractivity contribution in [2.75, 3.05) is 26.2 Å². The number of carbonyl (C=O) groups is 2. The number of rotatable bonds is 5. The summed E-state index contributed by atoms with van der Waals surface area (Å²) in [6, 6.07) is 11.6. The van der Waals surface area contributed by atoms with Crippen molar-refractivity contribution in [3.05, 3.63) is 59.4 Å². The molecule has 0 aromatic heterocycles. The van der Waals surface area contributed by atoms with Gasteiger partial charge in [-0.25, -0.2) is 9.18 Å². The highest BCUT2D eigenvalue weighted by Crippen LogP contribution is 2.31. The first kappa shape index (κ1) is 20.2. The topological polar surface area (TPSA) is 93.9 Å². The number of halogens is 1. The fraction of sp³-hybridized carbons (Fsp3) is 0.364. The van der Waals surface area contributed by atoms with E-state index in [9.17, 15) is 14.0 Å². The summed E-state index contributed by atoms with van der Waals surface area (Å²) in [4.78, 5) is 25.8. The van der Waals surface area contributed by atoms with Crippen molar-refractivity contribution >= 4 is 12.0 Å². The van der Waals surface area contributed by atoms with Crippen LogP contribution in [-0.2, 0) is 11.2 Å². The minimum Gasteiger partial charge on any atom is -0.457 e. The predicted octanol–water partition coefficient (Wildman–Crippen LogP) is 2.83. The molecule has 2 aromatic rings. The highest BCUT2D eigenvalue weighted by molar-refractivity contribution is 5.95. The van der Waals surface area contributed by atoms with Gasteiger partial charge in [0.15, 0.2) is 0 Å². The Hall–Kier alpha value is -3.13. The number of hydrogen-bond donors (Lipinski definition) is 2. The van der Waals surface area contributed by atoms with E-state index in [1.165, 1.54) is 18.2 Å². The Labute approximate surface area is 173 Å². The van der Waals surface area contributed by atoms with E-state index < -0.39 is 23.4 Å². The molecule has 0 atom stereocenters. The smallest absolute Gasteiger partial charge is 0.407 e. The summed E-state index contributed by atoms with van der Waals surface area (Å²) in [5.41, 5.74) is 6.06. The molecule has 2 aliphatic rings. The van der Waals surface area contributed by atoms with Crippen LogP contribution in [0.4, 0.5) is 9.18 Å². The van der Waals surface area contributed by atoms with Crippen LogP contribution in [0.2, 0.25) is 0 Å². The minimum atomic E-state index is -0.597. The van der Waals surface area contributed by atoms with Gasteiger partial charge in [-0.1, -0.05) is 12.1 Å². The molecular formula is C22H24FN3O4. The van der Waals surface area contributed by atoms with E-state index in [0.29, 0.717) is 50.5 Å². The lowest BCUT2D eigenvalue weighted by molar-refractivity contribution is 0.00319. The molecule has 0 unspecified atom stereocenters. The lowest BCUT2D eigenvalue weighted by Crippen LogP contribution is -2.48. The van der Waals surface area contributed by atoms with Crippen LogP contribution in [0.1, 0.15) is 28.8 Å². The second-order valence-corrected chi connectivity index (χ2v) is 7.64. The summed E-state index contributed by atoms with van der Waals surface area (Å²) in [5.74, 6) is -0.0202. The number of nitrogens with zero attached hydrogens (tertiary/aromatic N) is 1. The molecule has 2 fully saturated rings. The first-order chi connectivity index (χ1) is 14.5. The van der Waals surface area contributed by atoms with Crippen molar-refractivity contribution in [3.63, 3.8) is 0 Å². The molecule has 2 aromatic carbocycles. The van der Waals surface area contributed by atoms with E-state index in [1.807, 2.05) is 24.3 Å². The number of benzene rings is 2. The predicted molar refractivity (Wildman–Crippen MR) is 108 cm³/mol. The van der Waals surface area contributed by atoms with Gasteiger partial charge in [0.05, 0.1) is 12.1 Å². The zero-order chi connectivity index (χ0) is 21.1. The molecule has 30 heavy (non-hydrogen) atoms. The lowest BCUT2D eigenvalue weighted by atomic mass is 9.91. The van der Waals surface area contributed by atoms with Crippen LogP contribution in [0.3, 0.4) is 0 Å². The summed E-state index contributed by atoms with van der Waals surface area (Å²) in [7, 11) is 0. The van der Waals surface area contributed by atoms with Gasteiger partial charge in [-0.15, -0.1) is 0 Å². The normalized spacial score (nSPS) is 17.5. The van der Waals surface area contributed by atoms with Crippen LogP contribution >= 0.6 is 0 Å². The van der Waals surface area contributed by atoms with E-state index in [4.69, 9.17) is 15.2 Å². The average molecular weight is 413 g/mol. The van der Waals surface area contributed by atoms with Gasteiger partial charge in [0, 0.05) is 25.9 Å².